The van der Waals surface area contributed by atoms with Crippen LogP contribution < -0.4 is 10.6 Å². The van der Waals surface area contributed by atoms with E-state index in [1.807, 2.05) is 33.8 Å². The van der Waals surface area contributed by atoms with E-state index in [0.717, 1.165) is 12.5 Å². The molecule has 130 valence electrons. The predicted octanol–water partition coefficient (Wildman–Crippen LogP) is 2.93. The molecule has 0 aliphatic carbocycles. The maximum Gasteiger partial charge on any atom is 0.232 e. The van der Waals surface area contributed by atoms with E-state index >= 15 is 0 Å². The largest absolute Gasteiger partial charge is 0.357 e. The van der Waals surface area contributed by atoms with Crippen LogP contribution in [-0.4, -0.2) is 22.6 Å². The van der Waals surface area contributed by atoms with Gasteiger partial charge in [-0.2, -0.15) is 4.98 Å². The van der Waals surface area contributed by atoms with Gasteiger partial charge in [-0.1, -0.05) is 55.8 Å². The van der Waals surface area contributed by atoms with Crippen LogP contribution in [0.25, 0.3) is 0 Å². The fraction of sp³-hybridized carbons (Fsp3) is 0.500. The van der Waals surface area contributed by atoms with E-state index in [1.165, 1.54) is 11.1 Å². The van der Waals surface area contributed by atoms with Gasteiger partial charge in [-0.25, -0.2) is 4.99 Å². The molecule has 0 bridgehead atoms. The van der Waals surface area contributed by atoms with E-state index in [-0.39, 0.29) is 5.41 Å². The van der Waals surface area contributed by atoms with Crippen LogP contribution in [0.1, 0.15) is 50.5 Å². The van der Waals surface area contributed by atoms with Gasteiger partial charge in [-0.15, -0.1) is 0 Å². The van der Waals surface area contributed by atoms with Crippen LogP contribution in [0.4, 0.5) is 0 Å². The van der Waals surface area contributed by atoms with Crippen molar-refractivity contribution >= 4 is 5.96 Å². The SMILES string of the molecule is CCNC(=NCc1cccc(C)c1)NCc1noc(C(C)(C)C)n1. The molecule has 0 saturated heterocycles. The highest BCUT2D eigenvalue weighted by molar-refractivity contribution is 5.79. The van der Waals surface area contributed by atoms with E-state index < -0.39 is 0 Å². The molecule has 0 radical (unpaired) electrons. The summed E-state index contributed by atoms with van der Waals surface area (Å²) < 4.78 is 5.30. The molecule has 6 nitrogen and oxygen atoms in total. The van der Waals surface area contributed by atoms with Crippen molar-refractivity contribution < 1.29 is 4.52 Å². The molecule has 1 aromatic carbocycles. The topological polar surface area (TPSA) is 75.3 Å². The van der Waals surface area contributed by atoms with Gasteiger partial charge in [0.2, 0.25) is 5.89 Å². The van der Waals surface area contributed by atoms with Gasteiger partial charge in [0.05, 0.1) is 13.1 Å². The van der Waals surface area contributed by atoms with Crippen LogP contribution in [-0.2, 0) is 18.5 Å². The molecule has 0 atom stereocenters. The van der Waals surface area contributed by atoms with Crippen molar-refractivity contribution in [2.75, 3.05) is 6.54 Å². The van der Waals surface area contributed by atoms with Gasteiger partial charge in [0.15, 0.2) is 11.8 Å². The van der Waals surface area contributed by atoms with E-state index in [2.05, 4.69) is 50.9 Å². The smallest absolute Gasteiger partial charge is 0.232 e. The Balaban J connectivity index is 1.98. The number of hydrogen-bond acceptors (Lipinski definition) is 4. The van der Waals surface area contributed by atoms with Crippen molar-refractivity contribution in [2.24, 2.45) is 4.99 Å². The third kappa shape index (κ3) is 5.37. The van der Waals surface area contributed by atoms with Crippen LogP contribution in [0.5, 0.6) is 0 Å². The predicted molar refractivity (Wildman–Crippen MR) is 95.8 cm³/mol. The van der Waals surface area contributed by atoms with Crippen molar-refractivity contribution in [2.45, 2.75) is 53.1 Å². The molecule has 2 aromatic rings. The first-order chi connectivity index (χ1) is 11.4. The Morgan fingerprint density at radius 3 is 2.67 bits per heavy atom. The number of benzene rings is 1. The standard InChI is InChI=1S/C18H27N5O/c1-6-19-17(20-11-14-9-7-8-13(2)10-14)21-12-15-22-16(24-23-15)18(3,4)5/h7-10H,6,11-12H2,1-5H3,(H2,19,20,21). The van der Waals surface area contributed by atoms with Crippen LogP contribution in [0.3, 0.4) is 0 Å². The van der Waals surface area contributed by atoms with Crippen molar-refractivity contribution in [3.63, 3.8) is 0 Å². The second-order valence-electron chi connectivity index (χ2n) is 6.80. The zero-order valence-corrected chi connectivity index (χ0v) is 15.2. The number of aliphatic imine (C=N–C) groups is 1. The fourth-order valence-electron chi connectivity index (χ4n) is 2.12. The minimum atomic E-state index is -0.144. The fourth-order valence-corrected chi connectivity index (χ4v) is 2.12. The second-order valence-corrected chi connectivity index (χ2v) is 6.80. The van der Waals surface area contributed by atoms with Crippen molar-refractivity contribution in [3.05, 3.63) is 47.1 Å². The van der Waals surface area contributed by atoms with Crippen LogP contribution in [0, 0.1) is 6.92 Å². The first-order valence-corrected chi connectivity index (χ1v) is 8.29. The highest BCUT2D eigenvalue weighted by Crippen LogP contribution is 2.19. The van der Waals surface area contributed by atoms with E-state index in [1.54, 1.807) is 0 Å². The summed E-state index contributed by atoms with van der Waals surface area (Å²) in [4.78, 5) is 9.02. The van der Waals surface area contributed by atoms with Gasteiger partial charge in [0.25, 0.3) is 0 Å². The lowest BCUT2D eigenvalue weighted by atomic mass is 9.97. The highest BCUT2D eigenvalue weighted by Gasteiger charge is 2.21. The third-order valence-corrected chi connectivity index (χ3v) is 3.37. The van der Waals surface area contributed by atoms with Gasteiger partial charge in [-0.3, -0.25) is 0 Å². The van der Waals surface area contributed by atoms with Gasteiger partial charge >= 0.3 is 0 Å². The molecule has 1 aromatic heterocycles. The van der Waals surface area contributed by atoms with E-state index in [4.69, 9.17) is 4.52 Å². The Labute approximate surface area is 143 Å². The Bertz CT molecular complexity index is 685. The number of aromatic nitrogens is 2. The molecule has 0 saturated carbocycles. The lowest BCUT2D eigenvalue weighted by molar-refractivity contribution is 0.318. The van der Waals surface area contributed by atoms with Crippen LogP contribution in [0.15, 0.2) is 33.8 Å². The summed E-state index contributed by atoms with van der Waals surface area (Å²) in [5, 5.41) is 10.5. The summed E-state index contributed by atoms with van der Waals surface area (Å²) >= 11 is 0. The Kier molecular flexibility index (Phi) is 5.95. The maximum absolute atomic E-state index is 5.30. The maximum atomic E-state index is 5.30. The lowest BCUT2D eigenvalue weighted by Crippen LogP contribution is -2.37. The van der Waals surface area contributed by atoms with E-state index in [0.29, 0.717) is 24.8 Å². The average molecular weight is 329 g/mol. The molecule has 0 fully saturated rings. The summed E-state index contributed by atoms with van der Waals surface area (Å²) in [5.74, 6) is 2.00. The summed E-state index contributed by atoms with van der Waals surface area (Å²) in [7, 11) is 0. The molecular formula is C18H27N5O. The molecule has 6 heteroatoms. The summed E-state index contributed by atoms with van der Waals surface area (Å²) in [6.07, 6.45) is 0. The van der Waals surface area contributed by atoms with Gasteiger partial charge in [0.1, 0.15) is 0 Å². The van der Waals surface area contributed by atoms with Crippen molar-refractivity contribution in [1.29, 1.82) is 0 Å². The lowest BCUT2D eigenvalue weighted by Gasteiger charge is -2.11. The second kappa shape index (κ2) is 7.95. The molecule has 24 heavy (non-hydrogen) atoms. The minimum absolute atomic E-state index is 0.144. The molecule has 1 heterocycles. The molecule has 0 amide bonds. The number of hydrogen-bond donors (Lipinski definition) is 2. The first kappa shape index (κ1) is 18.0. The molecule has 2 rings (SSSR count). The Hall–Kier alpha value is -2.37. The summed E-state index contributed by atoms with van der Waals surface area (Å²) in [5.41, 5.74) is 2.28. The van der Waals surface area contributed by atoms with Gasteiger partial charge in [-0.05, 0) is 19.4 Å². The van der Waals surface area contributed by atoms with E-state index in [9.17, 15) is 0 Å². The van der Waals surface area contributed by atoms with Crippen LogP contribution >= 0.6 is 0 Å². The highest BCUT2D eigenvalue weighted by atomic mass is 16.5. The van der Waals surface area contributed by atoms with Gasteiger partial charge < -0.3 is 15.2 Å². The monoisotopic (exact) mass is 329 g/mol. The van der Waals surface area contributed by atoms with Crippen LogP contribution in [0.2, 0.25) is 0 Å². The summed E-state index contributed by atoms with van der Waals surface area (Å²) in [6.45, 7) is 12.1. The number of guanidine groups is 1. The van der Waals surface area contributed by atoms with Crippen molar-refractivity contribution in [3.8, 4) is 0 Å². The molecular weight excluding hydrogens is 302 g/mol. The number of rotatable bonds is 5. The molecule has 0 spiro atoms. The number of aryl methyl sites for hydroxylation is 1. The molecule has 2 N–H and O–H groups in total. The molecule has 0 unspecified atom stereocenters. The quantitative estimate of drug-likeness (QED) is 0.651. The molecule has 0 aliphatic rings. The number of nitrogens with zero attached hydrogens (tertiary/aromatic N) is 3. The minimum Gasteiger partial charge on any atom is -0.357 e. The Morgan fingerprint density at radius 2 is 2.04 bits per heavy atom. The first-order valence-electron chi connectivity index (χ1n) is 8.29. The average Bonchev–Trinajstić information content (AvgIpc) is 2.99. The Morgan fingerprint density at radius 1 is 1.25 bits per heavy atom. The van der Waals surface area contributed by atoms with Crippen molar-refractivity contribution in [1.82, 2.24) is 20.8 Å². The third-order valence-electron chi connectivity index (χ3n) is 3.37. The number of nitrogens with one attached hydrogen (secondary N) is 2. The van der Waals surface area contributed by atoms with Gasteiger partial charge in [0, 0.05) is 12.0 Å². The zero-order chi connectivity index (χ0) is 17.6. The molecule has 0 aliphatic heterocycles. The zero-order valence-electron chi connectivity index (χ0n) is 15.2. The summed E-state index contributed by atoms with van der Waals surface area (Å²) in [6, 6.07) is 8.35. The normalized spacial score (nSPS) is 12.3.